The third-order valence-corrected chi connectivity index (χ3v) is 5.92. The average molecular weight is 492 g/mol. The minimum atomic E-state index is -4.65. The first kappa shape index (κ1) is 24.9. The molecular weight excluding hydrogens is 463 g/mol. The highest BCUT2D eigenvalue weighted by atomic mass is 19.4. The van der Waals surface area contributed by atoms with Crippen LogP contribution in [0.5, 0.6) is 0 Å². The number of benzene rings is 1. The molecule has 8 nitrogen and oxygen atoms in total. The lowest BCUT2D eigenvalue weighted by molar-refractivity contribution is -0.141. The third kappa shape index (κ3) is 5.73. The van der Waals surface area contributed by atoms with Crippen molar-refractivity contribution in [3.05, 3.63) is 47.5 Å². The molecule has 0 aliphatic carbocycles. The number of anilines is 2. The van der Waals surface area contributed by atoms with Gasteiger partial charge in [-0.1, -0.05) is 6.07 Å². The molecule has 2 N–H and O–H groups in total. The number of hydrogen-bond acceptors (Lipinski definition) is 6. The zero-order valence-corrected chi connectivity index (χ0v) is 19.8. The number of aliphatic hydroxyl groups is 1. The normalized spacial score (nSPS) is 15.0. The number of alkyl halides is 3. The highest BCUT2D eigenvalue weighted by molar-refractivity contribution is 6.06. The number of nitrogens with one attached hydrogen (secondary N) is 1. The van der Waals surface area contributed by atoms with Crippen LogP contribution in [-0.2, 0) is 24.4 Å². The van der Waals surface area contributed by atoms with Crippen LogP contribution in [0.2, 0.25) is 0 Å². The lowest BCUT2D eigenvalue weighted by atomic mass is 10.0. The van der Waals surface area contributed by atoms with E-state index in [1.165, 1.54) is 6.07 Å². The maximum absolute atomic E-state index is 13.1. The van der Waals surface area contributed by atoms with Crippen molar-refractivity contribution in [2.45, 2.75) is 38.5 Å². The molecule has 1 saturated heterocycles. The summed E-state index contributed by atoms with van der Waals surface area (Å²) >= 11 is 0. The van der Waals surface area contributed by atoms with Gasteiger partial charge >= 0.3 is 6.18 Å². The number of aryl methyl sites for hydroxylation is 2. The lowest BCUT2D eigenvalue weighted by Gasteiger charge is -2.30. The molecule has 1 aliphatic rings. The van der Waals surface area contributed by atoms with Crippen LogP contribution in [0.1, 0.15) is 42.3 Å². The zero-order chi connectivity index (χ0) is 25.4. The van der Waals surface area contributed by atoms with E-state index in [9.17, 15) is 23.1 Å². The first-order chi connectivity index (χ1) is 16.4. The maximum Gasteiger partial charge on any atom is 0.433 e. The fourth-order valence-corrected chi connectivity index (χ4v) is 3.99. The number of morpholine rings is 1. The number of hydrogen-bond donors (Lipinski definition) is 2. The summed E-state index contributed by atoms with van der Waals surface area (Å²) in [6.45, 7) is 5.69. The minimum Gasteiger partial charge on any atom is -0.390 e. The Balaban J connectivity index is 1.71. The highest BCUT2D eigenvalue weighted by Gasteiger charge is 2.33. The van der Waals surface area contributed by atoms with Crippen LogP contribution in [0.15, 0.2) is 30.3 Å². The van der Waals surface area contributed by atoms with Gasteiger partial charge in [0.25, 0.3) is 5.91 Å². The second-order valence-corrected chi connectivity index (χ2v) is 9.22. The Labute approximate surface area is 200 Å². The van der Waals surface area contributed by atoms with Gasteiger partial charge in [0, 0.05) is 26.6 Å². The average Bonchev–Trinajstić information content (AvgIpc) is 3.11. The molecule has 11 heteroatoms. The van der Waals surface area contributed by atoms with E-state index in [-0.39, 0.29) is 5.69 Å². The Bertz CT molecular complexity index is 1230. The summed E-state index contributed by atoms with van der Waals surface area (Å²) in [6.07, 6.45) is -3.58. The molecule has 0 atom stereocenters. The zero-order valence-electron chi connectivity index (χ0n) is 19.8. The summed E-state index contributed by atoms with van der Waals surface area (Å²) in [5.74, 6) is 0.0347. The Kier molecular flexibility index (Phi) is 6.74. The third-order valence-electron chi connectivity index (χ3n) is 5.92. The van der Waals surface area contributed by atoms with E-state index < -0.39 is 23.4 Å². The van der Waals surface area contributed by atoms with Crippen molar-refractivity contribution in [2.24, 2.45) is 7.05 Å². The topological polar surface area (TPSA) is 92.5 Å². The van der Waals surface area contributed by atoms with Crippen molar-refractivity contribution < 1.29 is 27.8 Å². The summed E-state index contributed by atoms with van der Waals surface area (Å²) in [7, 11) is 1.85. The predicted molar refractivity (Wildman–Crippen MR) is 126 cm³/mol. The molecule has 1 aromatic carbocycles. The standard InChI is InChI=1S/C24H28F3N5O3/c1-23(2,34)8-7-21-29-16-14-19(32-9-11-35-12-10-32)17(13-18(16)31(21)3)30-22(33)15-5-4-6-20(28-15)24(25,26)27/h4-6,13-14,34H,7-12H2,1-3H3,(H,30,33). The number of aromatic nitrogens is 3. The van der Waals surface area contributed by atoms with Gasteiger partial charge in [0.15, 0.2) is 0 Å². The molecule has 3 aromatic rings. The molecule has 35 heavy (non-hydrogen) atoms. The summed E-state index contributed by atoms with van der Waals surface area (Å²) in [4.78, 5) is 23.2. The van der Waals surface area contributed by atoms with Gasteiger partial charge in [0.2, 0.25) is 0 Å². The molecule has 3 heterocycles. The number of rotatable bonds is 6. The van der Waals surface area contributed by atoms with E-state index in [2.05, 4.69) is 10.3 Å². The van der Waals surface area contributed by atoms with Gasteiger partial charge in [0.1, 0.15) is 17.2 Å². The number of nitrogens with zero attached hydrogens (tertiary/aromatic N) is 4. The summed E-state index contributed by atoms with van der Waals surface area (Å²) < 4.78 is 46.6. The number of ether oxygens (including phenoxy) is 1. The van der Waals surface area contributed by atoms with Crippen molar-refractivity contribution >= 4 is 28.3 Å². The molecule has 2 aromatic heterocycles. The Hall–Kier alpha value is -3.18. The summed E-state index contributed by atoms with van der Waals surface area (Å²) in [5.41, 5.74) is 0.318. The maximum atomic E-state index is 13.1. The van der Waals surface area contributed by atoms with Crippen LogP contribution < -0.4 is 10.2 Å². The van der Waals surface area contributed by atoms with Crippen molar-refractivity contribution in [3.63, 3.8) is 0 Å². The lowest BCUT2D eigenvalue weighted by Crippen LogP contribution is -2.36. The number of carbonyl (C=O) groups excluding carboxylic acids is 1. The van der Waals surface area contributed by atoms with Gasteiger partial charge in [-0.15, -0.1) is 0 Å². The molecule has 0 unspecified atom stereocenters. The van der Waals surface area contributed by atoms with Crippen LogP contribution in [-0.4, -0.2) is 57.5 Å². The van der Waals surface area contributed by atoms with E-state index in [0.29, 0.717) is 50.5 Å². The number of halogens is 3. The Morgan fingerprint density at radius 2 is 1.89 bits per heavy atom. The SMILES string of the molecule is Cn1c(CCC(C)(C)O)nc2cc(N3CCOCC3)c(NC(=O)c3cccc(C(F)(F)F)n3)cc21. The van der Waals surface area contributed by atoms with Crippen molar-refractivity contribution in [3.8, 4) is 0 Å². The van der Waals surface area contributed by atoms with Gasteiger partial charge in [-0.2, -0.15) is 13.2 Å². The van der Waals surface area contributed by atoms with Crippen LogP contribution in [0.3, 0.4) is 0 Å². The Morgan fingerprint density at radius 1 is 1.17 bits per heavy atom. The Morgan fingerprint density at radius 3 is 2.54 bits per heavy atom. The number of carbonyl (C=O) groups is 1. The van der Waals surface area contributed by atoms with Crippen LogP contribution >= 0.6 is 0 Å². The molecule has 0 spiro atoms. The smallest absolute Gasteiger partial charge is 0.390 e. The summed E-state index contributed by atoms with van der Waals surface area (Å²) in [6, 6.07) is 6.87. The van der Waals surface area contributed by atoms with Crippen LogP contribution in [0, 0.1) is 0 Å². The van der Waals surface area contributed by atoms with Crippen molar-refractivity contribution in [1.82, 2.24) is 14.5 Å². The van der Waals surface area contributed by atoms with Gasteiger partial charge in [-0.05, 0) is 44.5 Å². The molecule has 0 saturated carbocycles. The largest absolute Gasteiger partial charge is 0.433 e. The molecule has 1 fully saturated rings. The highest BCUT2D eigenvalue weighted by Crippen LogP contribution is 2.33. The quantitative estimate of drug-likeness (QED) is 0.545. The van der Waals surface area contributed by atoms with E-state index >= 15 is 0 Å². The fourth-order valence-electron chi connectivity index (χ4n) is 3.99. The second-order valence-electron chi connectivity index (χ2n) is 9.22. The van der Waals surface area contributed by atoms with E-state index in [0.717, 1.165) is 29.0 Å². The van der Waals surface area contributed by atoms with Crippen LogP contribution in [0.25, 0.3) is 11.0 Å². The number of fused-ring (bicyclic) bond motifs is 1. The van der Waals surface area contributed by atoms with Gasteiger partial charge in [-0.25, -0.2) is 9.97 Å². The molecule has 188 valence electrons. The molecule has 1 aliphatic heterocycles. The predicted octanol–water partition coefficient (Wildman–Crippen LogP) is 3.78. The second kappa shape index (κ2) is 9.46. The fraction of sp³-hybridized carbons (Fsp3) is 0.458. The molecular formula is C24H28F3N5O3. The first-order valence-electron chi connectivity index (χ1n) is 11.3. The van der Waals surface area contributed by atoms with Crippen LogP contribution in [0.4, 0.5) is 24.5 Å². The van der Waals surface area contributed by atoms with Gasteiger partial charge < -0.3 is 24.6 Å². The van der Waals surface area contributed by atoms with E-state index in [1.54, 1.807) is 19.9 Å². The molecule has 1 amide bonds. The van der Waals surface area contributed by atoms with Crippen molar-refractivity contribution in [1.29, 1.82) is 0 Å². The first-order valence-corrected chi connectivity index (χ1v) is 11.3. The number of pyridine rings is 1. The number of imidazole rings is 1. The minimum absolute atomic E-state index is 0.330. The van der Waals surface area contributed by atoms with E-state index in [4.69, 9.17) is 9.72 Å². The summed E-state index contributed by atoms with van der Waals surface area (Å²) in [5, 5.41) is 12.9. The van der Waals surface area contributed by atoms with Gasteiger partial charge in [-0.3, -0.25) is 4.79 Å². The van der Waals surface area contributed by atoms with Gasteiger partial charge in [0.05, 0.1) is 41.2 Å². The molecule has 4 rings (SSSR count). The molecule has 0 radical (unpaired) electrons. The van der Waals surface area contributed by atoms with E-state index in [1.807, 2.05) is 22.6 Å². The molecule has 0 bridgehead atoms. The monoisotopic (exact) mass is 491 g/mol. The number of amides is 1. The van der Waals surface area contributed by atoms with Crippen molar-refractivity contribution in [2.75, 3.05) is 36.5 Å².